The Morgan fingerprint density at radius 3 is 2.52 bits per heavy atom. The summed E-state index contributed by atoms with van der Waals surface area (Å²) in [5, 5.41) is 3.31. The van der Waals surface area contributed by atoms with Gasteiger partial charge in [0, 0.05) is 18.7 Å². The molecule has 2 aromatic carbocycles. The first-order chi connectivity index (χ1) is 15.8. The molecule has 1 amide bonds. The van der Waals surface area contributed by atoms with Gasteiger partial charge < -0.3 is 10.1 Å². The maximum Gasteiger partial charge on any atom is 0.338 e. The minimum atomic E-state index is -0.627. The predicted molar refractivity (Wildman–Crippen MR) is 128 cm³/mol. The van der Waals surface area contributed by atoms with Crippen molar-refractivity contribution >= 4 is 28.5 Å². The molecule has 1 aliphatic rings. The van der Waals surface area contributed by atoms with E-state index in [1.54, 1.807) is 22.8 Å². The van der Waals surface area contributed by atoms with Crippen LogP contribution in [0.4, 0.5) is 5.69 Å². The molecule has 0 spiro atoms. The summed E-state index contributed by atoms with van der Waals surface area (Å²) in [6, 6.07) is 8.72. The van der Waals surface area contributed by atoms with Crippen molar-refractivity contribution in [2.24, 2.45) is 0 Å². The topological polar surface area (TPSA) is 90.3 Å². The number of ether oxygens (including phenoxy) is 1. The average molecular weight is 448 g/mol. The number of nitrogens with one attached hydrogen (secondary N) is 1. The highest BCUT2D eigenvalue weighted by molar-refractivity contribution is 5.98. The molecule has 0 radical (unpaired) electrons. The molecule has 0 saturated carbocycles. The van der Waals surface area contributed by atoms with E-state index in [1.165, 1.54) is 0 Å². The maximum absolute atomic E-state index is 12.9. The largest absolute Gasteiger partial charge is 0.452 e. The van der Waals surface area contributed by atoms with Crippen molar-refractivity contribution in [3.8, 4) is 0 Å². The van der Waals surface area contributed by atoms with Gasteiger partial charge in [0.1, 0.15) is 5.82 Å². The Morgan fingerprint density at radius 1 is 1.03 bits per heavy atom. The van der Waals surface area contributed by atoms with Gasteiger partial charge in [-0.3, -0.25) is 14.2 Å². The van der Waals surface area contributed by atoms with E-state index in [0.717, 1.165) is 60.3 Å². The van der Waals surface area contributed by atoms with Gasteiger partial charge in [-0.1, -0.05) is 30.5 Å². The van der Waals surface area contributed by atoms with Crippen LogP contribution in [-0.4, -0.2) is 28.0 Å². The zero-order valence-electron chi connectivity index (χ0n) is 19.4. The van der Waals surface area contributed by atoms with Gasteiger partial charge in [0.05, 0.1) is 16.5 Å². The molecule has 1 aromatic heterocycles. The van der Waals surface area contributed by atoms with Crippen molar-refractivity contribution in [3.63, 3.8) is 0 Å². The number of fused-ring (bicyclic) bond motifs is 2. The van der Waals surface area contributed by atoms with Crippen LogP contribution in [0.5, 0.6) is 0 Å². The van der Waals surface area contributed by atoms with Crippen LogP contribution < -0.4 is 10.9 Å². The lowest BCUT2D eigenvalue weighted by Gasteiger charge is -2.16. The normalized spacial score (nSPS) is 13.7. The van der Waals surface area contributed by atoms with E-state index in [9.17, 15) is 14.4 Å². The van der Waals surface area contributed by atoms with Gasteiger partial charge in [0.15, 0.2) is 6.61 Å². The maximum atomic E-state index is 12.9. The number of amides is 1. The fourth-order valence-electron chi connectivity index (χ4n) is 4.49. The highest BCUT2D eigenvalue weighted by atomic mass is 16.5. The molecule has 1 aliphatic heterocycles. The first kappa shape index (κ1) is 22.7. The minimum Gasteiger partial charge on any atom is -0.452 e. The van der Waals surface area contributed by atoms with Gasteiger partial charge in [0.2, 0.25) is 0 Å². The van der Waals surface area contributed by atoms with E-state index in [1.807, 2.05) is 32.9 Å². The molecule has 0 saturated heterocycles. The Hall–Kier alpha value is -3.48. The fraction of sp³-hybridized carbons (Fsp3) is 0.385. The van der Waals surface area contributed by atoms with Gasteiger partial charge in [-0.25, -0.2) is 9.78 Å². The van der Waals surface area contributed by atoms with Crippen molar-refractivity contribution in [3.05, 3.63) is 68.8 Å². The van der Waals surface area contributed by atoms with E-state index in [4.69, 9.17) is 4.74 Å². The zero-order valence-corrected chi connectivity index (χ0v) is 19.4. The van der Waals surface area contributed by atoms with Crippen molar-refractivity contribution < 1.29 is 14.3 Å². The monoisotopic (exact) mass is 447 g/mol. The highest BCUT2D eigenvalue weighted by Gasteiger charge is 2.17. The van der Waals surface area contributed by atoms with Crippen LogP contribution in [0, 0.1) is 20.8 Å². The van der Waals surface area contributed by atoms with Crippen molar-refractivity contribution in [1.82, 2.24) is 9.55 Å². The Morgan fingerprint density at radius 2 is 1.76 bits per heavy atom. The third-order valence-electron chi connectivity index (χ3n) is 6.08. The summed E-state index contributed by atoms with van der Waals surface area (Å²) in [7, 11) is 0. The molecule has 2 heterocycles. The second-order valence-corrected chi connectivity index (χ2v) is 8.78. The van der Waals surface area contributed by atoms with Gasteiger partial charge >= 0.3 is 5.97 Å². The number of hydrogen-bond donors (Lipinski definition) is 1. The van der Waals surface area contributed by atoms with E-state index < -0.39 is 18.5 Å². The third kappa shape index (κ3) is 4.97. The van der Waals surface area contributed by atoms with Gasteiger partial charge in [-0.15, -0.1) is 0 Å². The number of hydrogen-bond acceptors (Lipinski definition) is 5. The highest BCUT2D eigenvalue weighted by Crippen LogP contribution is 2.22. The smallest absolute Gasteiger partial charge is 0.338 e. The lowest BCUT2D eigenvalue weighted by molar-refractivity contribution is -0.119. The molecule has 0 atom stereocenters. The number of anilines is 1. The number of nitrogens with zero attached hydrogens (tertiary/aromatic N) is 2. The SMILES string of the molecule is Cc1cc(C)c(NC(=O)COC(=O)c2ccc3c(=O)n4c(nc3c2)CCCCCC4)c(C)c1. The lowest BCUT2D eigenvalue weighted by atomic mass is 10.1. The molecule has 4 rings (SSSR count). The molecule has 1 N–H and O–H groups in total. The summed E-state index contributed by atoms with van der Waals surface area (Å²) in [5.41, 5.74) is 4.43. The van der Waals surface area contributed by atoms with Crippen LogP contribution in [0.25, 0.3) is 10.9 Å². The molecule has 0 fully saturated rings. The number of carbonyl (C=O) groups excluding carboxylic acids is 2. The molecule has 7 heteroatoms. The number of benzene rings is 2. The van der Waals surface area contributed by atoms with E-state index in [0.29, 0.717) is 17.4 Å². The third-order valence-corrected chi connectivity index (χ3v) is 6.08. The minimum absolute atomic E-state index is 0.0694. The first-order valence-corrected chi connectivity index (χ1v) is 11.4. The summed E-state index contributed by atoms with van der Waals surface area (Å²) in [6.45, 7) is 6.13. The number of carbonyl (C=O) groups is 2. The van der Waals surface area contributed by atoms with Crippen LogP contribution in [0.2, 0.25) is 0 Å². The number of esters is 1. The summed E-state index contributed by atoms with van der Waals surface area (Å²) in [4.78, 5) is 42.6. The van der Waals surface area contributed by atoms with Gasteiger partial charge in [-0.05, 0) is 62.9 Å². The molecule has 7 nitrogen and oxygen atoms in total. The van der Waals surface area contributed by atoms with Gasteiger partial charge in [0.25, 0.3) is 11.5 Å². The van der Waals surface area contributed by atoms with Crippen molar-refractivity contribution in [2.45, 2.75) is 59.4 Å². The quantitative estimate of drug-likeness (QED) is 0.605. The number of rotatable bonds is 4. The fourth-order valence-corrected chi connectivity index (χ4v) is 4.49. The van der Waals surface area contributed by atoms with Crippen LogP contribution in [-0.2, 0) is 22.5 Å². The molecular weight excluding hydrogens is 418 g/mol. The molecular formula is C26H29N3O4. The van der Waals surface area contributed by atoms with Crippen molar-refractivity contribution in [1.29, 1.82) is 0 Å². The molecule has 172 valence electrons. The average Bonchev–Trinajstić information content (AvgIpc) is 2.75. The summed E-state index contributed by atoms with van der Waals surface area (Å²) in [5.74, 6) is -0.268. The van der Waals surface area contributed by atoms with Crippen molar-refractivity contribution in [2.75, 3.05) is 11.9 Å². The second-order valence-electron chi connectivity index (χ2n) is 8.78. The number of aromatic nitrogens is 2. The van der Waals surface area contributed by atoms with Crippen LogP contribution in [0.3, 0.4) is 0 Å². The van der Waals surface area contributed by atoms with Crippen LogP contribution in [0.15, 0.2) is 35.1 Å². The Bertz CT molecular complexity index is 1270. The molecule has 0 bridgehead atoms. The summed E-state index contributed by atoms with van der Waals surface area (Å²) >= 11 is 0. The summed E-state index contributed by atoms with van der Waals surface area (Å²) in [6.07, 6.45) is 4.95. The second kappa shape index (κ2) is 9.57. The van der Waals surface area contributed by atoms with Crippen LogP contribution >= 0.6 is 0 Å². The zero-order chi connectivity index (χ0) is 23.5. The molecule has 0 unspecified atom stereocenters. The van der Waals surface area contributed by atoms with E-state index in [2.05, 4.69) is 10.3 Å². The van der Waals surface area contributed by atoms with E-state index in [-0.39, 0.29) is 11.1 Å². The lowest BCUT2D eigenvalue weighted by Crippen LogP contribution is -2.26. The molecule has 0 aliphatic carbocycles. The first-order valence-electron chi connectivity index (χ1n) is 11.4. The van der Waals surface area contributed by atoms with E-state index >= 15 is 0 Å². The van der Waals surface area contributed by atoms with Crippen LogP contribution in [0.1, 0.15) is 58.6 Å². The van der Waals surface area contributed by atoms with Gasteiger partial charge in [-0.2, -0.15) is 0 Å². The predicted octanol–water partition coefficient (Wildman–Crippen LogP) is 4.23. The summed E-state index contributed by atoms with van der Waals surface area (Å²) < 4.78 is 6.99. The Labute approximate surface area is 192 Å². The standard InChI is InChI=1S/C26H29N3O4/c1-16-12-17(2)24(18(3)13-16)28-23(30)15-33-26(32)19-9-10-20-21(14-19)27-22-8-6-4-5-7-11-29(22)25(20)31/h9-10,12-14H,4-8,11,15H2,1-3H3,(H,28,30). The molecule has 3 aromatic rings. The Kier molecular flexibility index (Phi) is 6.58. The molecule has 33 heavy (non-hydrogen) atoms. The Balaban J connectivity index is 1.48. The number of aryl methyl sites for hydroxylation is 4.